The van der Waals surface area contributed by atoms with Crippen LogP contribution in [0.1, 0.15) is 5.56 Å². The molecule has 0 spiro atoms. The smallest absolute Gasteiger partial charge is 0.228 e. The largest absolute Gasteiger partial charge is 0.378 e. The molecule has 138 valence electrons. The minimum Gasteiger partial charge on any atom is -0.378 e. The first-order valence-electron chi connectivity index (χ1n) is 8.54. The van der Waals surface area contributed by atoms with E-state index in [1.807, 2.05) is 67.5 Å². The molecule has 0 aliphatic rings. The summed E-state index contributed by atoms with van der Waals surface area (Å²) in [7, 11) is 4.01. The van der Waals surface area contributed by atoms with Gasteiger partial charge in [-0.05, 0) is 54.1 Å². The number of carbonyl (C=O) groups is 1. The SMILES string of the molecule is CN(C)c1ccc(Nc2ccc(NC(=O)Cc3ccc(Cl)cc3)cn2)cc1. The Kier molecular flexibility index (Phi) is 5.94. The molecule has 0 unspecified atom stereocenters. The van der Waals surface area contributed by atoms with Crippen LogP contribution in [0.3, 0.4) is 0 Å². The highest BCUT2D eigenvalue weighted by Crippen LogP contribution is 2.20. The fourth-order valence-corrected chi connectivity index (χ4v) is 2.65. The van der Waals surface area contributed by atoms with Crippen molar-refractivity contribution in [1.29, 1.82) is 0 Å². The number of anilines is 4. The number of benzene rings is 2. The van der Waals surface area contributed by atoms with Crippen LogP contribution < -0.4 is 15.5 Å². The maximum atomic E-state index is 12.1. The minimum absolute atomic E-state index is 0.0981. The summed E-state index contributed by atoms with van der Waals surface area (Å²) in [4.78, 5) is 18.5. The van der Waals surface area contributed by atoms with Gasteiger partial charge in [0, 0.05) is 30.5 Å². The van der Waals surface area contributed by atoms with Gasteiger partial charge in [-0.15, -0.1) is 0 Å². The van der Waals surface area contributed by atoms with Crippen LogP contribution in [0.25, 0.3) is 0 Å². The third-order valence-corrected chi connectivity index (χ3v) is 4.23. The fourth-order valence-electron chi connectivity index (χ4n) is 2.53. The Hall–Kier alpha value is -3.05. The molecule has 5 nitrogen and oxygen atoms in total. The van der Waals surface area contributed by atoms with Gasteiger partial charge in [0.05, 0.1) is 18.3 Å². The van der Waals surface area contributed by atoms with E-state index in [2.05, 4.69) is 15.6 Å². The molecule has 2 aromatic carbocycles. The lowest BCUT2D eigenvalue weighted by Gasteiger charge is -2.13. The van der Waals surface area contributed by atoms with Crippen LogP contribution in [-0.2, 0) is 11.2 Å². The van der Waals surface area contributed by atoms with E-state index in [9.17, 15) is 4.79 Å². The summed E-state index contributed by atoms with van der Waals surface area (Å²) in [6.45, 7) is 0. The zero-order chi connectivity index (χ0) is 19.2. The molecule has 1 amide bonds. The fraction of sp³-hybridized carbons (Fsp3) is 0.143. The monoisotopic (exact) mass is 380 g/mol. The second-order valence-corrected chi connectivity index (χ2v) is 6.79. The Bertz CT molecular complexity index is 891. The number of nitrogens with one attached hydrogen (secondary N) is 2. The van der Waals surface area contributed by atoms with E-state index in [1.165, 1.54) is 0 Å². The highest BCUT2D eigenvalue weighted by molar-refractivity contribution is 6.30. The Morgan fingerprint density at radius 1 is 0.963 bits per heavy atom. The lowest BCUT2D eigenvalue weighted by molar-refractivity contribution is -0.115. The molecule has 0 bridgehead atoms. The van der Waals surface area contributed by atoms with Crippen LogP contribution in [0.2, 0.25) is 5.02 Å². The molecule has 2 N–H and O–H groups in total. The highest BCUT2D eigenvalue weighted by Gasteiger charge is 2.05. The summed E-state index contributed by atoms with van der Waals surface area (Å²) < 4.78 is 0. The van der Waals surface area contributed by atoms with Crippen molar-refractivity contribution >= 4 is 40.4 Å². The van der Waals surface area contributed by atoms with Gasteiger partial charge in [-0.2, -0.15) is 0 Å². The third-order valence-electron chi connectivity index (χ3n) is 3.98. The molecule has 27 heavy (non-hydrogen) atoms. The zero-order valence-electron chi connectivity index (χ0n) is 15.2. The lowest BCUT2D eigenvalue weighted by atomic mass is 10.1. The topological polar surface area (TPSA) is 57.3 Å². The molecular weight excluding hydrogens is 360 g/mol. The van der Waals surface area contributed by atoms with Gasteiger partial charge < -0.3 is 15.5 Å². The van der Waals surface area contributed by atoms with Crippen LogP contribution in [-0.4, -0.2) is 25.0 Å². The van der Waals surface area contributed by atoms with E-state index in [1.54, 1.807) is 18.3 Å². The molecule has 0 aliphatic carbocycles. The molecule has 1 aromatic heterocycles. The van der Waals surface area contributed by atoms with Gasteiger partial charge in [-0.1, -0.05) is 23.7 Å². The van der Waals surface area contributed by atoms with Gasteiger partial charge in [0.2, 0.25) is 5.91 Å². The molecule has 6 heteroatoms. The van der Waals surface area contributed by atoms with Gasteiger partial charge >= 0.3 is 0 Å². The zero-order valence-corrected chi connectivity index (χ0v) is 16.0. The van der Waals surface area contributed by atoms with Gasteiger partial charge in [-0.25, -0.2) is 4.98 Å². The van der Waals surface area contributed by atoms with Crippen molar-refractivity contribution in [2.75, 3.05) is 29.6 Å². The van der Waals surface area contributed by atoms with Gasteiger partial charge in [0.15, 0.2) is 0 Å². The van der Waals surface area contributed by atoms with E-state index in [4.69, 9.17) is 11.6 Å². The predicted molar refractivity (Wildman–Crippen MR) is 112 cm³/mol. The van der Waals surface area contributed by atoms with Crippen molar-refractivity contribution in [2.24, 2.45) is 0 Å². The number of hydrogen-bond acceptors (Lipinski definition) is 4. The summed E-state index contributed by atoms with van der Waals surface area (Å²) >= 11 is 5.86. The van der Waals surface area contributed by atoms with Crippen molar-refractivity contribution in [3.63, 3.8) is 0 Å². The maximum absolute atomic E-state index is 12.1. The van der Waals surface area contributed by atoms with Crippen LogP contribution in [0, 0.1) is 0 Å². The number of amides is 1. The molecule has 0 fully saturated rings. The van der Waals surface area contributed by atoms with E-state index in [0.717, 1.165) is 16.9 Å². The molecule has 0 saturated heterocycles. The van der Waals surface area contributed by atoms with Crippen molar-refractivity contribution in [1.82, 2.24) is 4.98 Å². The molecule has 1 heterocycles. The average molecular weight is 381 g/mol. The minimum atomic E-state index is -0.0981. The second-order valence-electron chi connectivity index (χ2n) is 6.35. The summed E-state index contributed by atoms with van der Waals surface area (Å²) in [5, 5.41) is 6.74. The Morgan fingerprint density at radius 3 is 2.22 bits per heavy atom. The lowest BCUT2D eigenvalue weighted by Crippen LogP contribution is -2.14. The van der Waals surface area contributed by atoms with Gasteiger partial charge in [0.1, 0.15) is 5.82 Å². The summed E-state index contributed by atoms with van der Waals surface area (Å²) in [6.07, 6.45) is 1.92. The van der Waals surface area contributed by atoms with E-state index in [-0.39, 0.29) is 12.3 Å². The number of hydrogen-bond donors (Lipinski definition) is 2. The Morgan fingerprint density at radius 2 is 1.63 bits per heavy atom. The highest BCUT2D eigenvalue weighted by atomic mass is 35.5. The first-order chi connectivity index (χ1) is 13.0. The van der Waals surface area contributed by atoms with Crippen LogP contribution in [0.15, 0.2) is 66.9 Å². The molecule has 0 saturated carbocycles. The first-order valence-corrected chi connectivity index (χ1v) is 8.92. The van der Waals surface area contributed by atoms with E-state index in [0.29, 0.717) is 16.5 Å². The molecule has 0 aliphatic heterocycles. The summed E-state index contributed by atoms with van der Waals surface area (Å²) in [6, 6.07) is 19.0. The average Bonchev–Trinajstić information content (AvgIpc) is 2.66. The van der Waals surface area contributed by atoms with E-state index < -0.39 is 0 Å². The molecule has 0 radical (unpaired) electrons. The van der Waals surface area contributed by atoms with Crippen molar-refractivity contribution in [3.05, 3.63) is 77.4 Å². The number of pyridine rings is 1. The molecule has 0 atom stereocenters. The second kappa shape index (κ2) is 8.56. The Balaban J connectivity index is 1.56. The number of carbonyl (C=O) groups excluding carboxylic acids is 1. The number of halogens is 1. The summed E-state index contributed by atoms with van der Waals surface area (Å²) in [5.41, 5.74) is 3.65. The number of rotatable bonds is 6. The number of aromatic nitrogens is 1. The Labute approximate surface area is 164 Å². The van der Waals surface area contributed by atoms with Crippen LogP contribution in [0.5, 0.6) is 0 Å². The van der Waals surface area contributed by atoms with Crippen LogP contribution in [0.4, 0.5) is 22.9 Å². The summed E-state index contributed by atoms with van der Waals surface area (Å²) in [5.74, 6) is 0.613. The molecule has 3 rings (SSSR count). The van der Waals surface area contributed by atoms with Gasteiger partial charge in [-0.3, -0.25) is 4.79 Å². The normalized spacial score (nSPS) is 10.3. The molecule has 3 aromatic rings. The maximum Gasteiger partial charge on any atom is 0.228 e. The third kappa shape index (κ3) is 5.46. The predicted octanol–water partition coefficient (Wildman–Crippen LogP) is 4.73. The number of nitrogens with zero attached hydrogens (tertiary/aromatic N) is 2. The van der Waals surface area contributed by atoms with Crippen molar-refractivity contribution in [3.8, 4) is 0 Å². The quantitative estimate of drug-likeness (QED) is 0.649. The van der Waals surface area contributed by atoms with Gasteiger partial charge in [0.25, 0.3) is 0 Å². The standard InChI is InChI=1S/C21H21ClN4O/c1-26(2)19-10-7-17(8-11-19)24-20-12-9-18(14-23-20)25-21(27)13-15-3-5-16(22)6-4-15/h3-12,14H,13H2,1-2H3,(H,23,24)(H,25,27). The first kappa shape index (κ1) is 18.7. The van der Waals surface area contributed by atoms with Crippen molar-refractivity contribution in [2.45, 2.75) is 6.42 Å². The van der Waals surface area contributed by atoms with Crippen molar-refractivity contribution < 1.29 is 4.79 Å². The van der Waals surface area contributed by atoms with E-state index >= 15 is 0 Å². The van der Waals surface area contributed by atoms with Crippen LogP contribution >= 0.6 is 11.6 Å². The molecular formula is C21H21ClN4O.